The molecular formula is C13H13NO5. The summed E-state index contributed by atoms with van der Waals surface area (Å²) in [5.41, 5.74) is 0.884. The van der Waals surface area contributed by atoms with E-state index in [1.807, 2.05) is 0 Å². The second kappa shape index (κ2) is 5.43. The van der Waals surface area contributed by atoms with Crippen molar-refractivity contribution >= 4 is 5.97 Å². The molecule has 0 bridgehead atoms. The van der Waals surface area contributed by atoms with Crippen LogP contribution in [0.2, 0.25) is 0 Å². The fourth-order valence-corrected chi connectivity index (χ4v) is 1.56. The van der Waals surface area contributed by atoms with Gasteiger partial charge in [0.05, 0.1) is 18.4 Å². The van der Waals surface area contributed by atoms with Crippen molar-refractivity contribution in [2.45, 2.75) is 13.5 Å². The summed E-state index contributed by atoms with van der Waals surface area (Å²) < 4.78 is 15.6. The number of carbonyl (C=O) groups is 1. The van der Waals surface area contributed by atoms with Crippen LogP contribution in [-0.4, -0.2) is 23.3 Å². The number of rotatable bonds is 5. The van der Waals surface area contributed by atoms with E-state index in [0.717, 1.165) is 5.69 Å². The largest absolute Gasteiger partial charge is 0.493 e. The van der Waals surface area contributed by atoms with Crippen LogP contribution in [0.25, 0.3) is 0 Å². The van der Waals surface area contributed by atoms with Crippen molar-refractivity contribution in [3.8, 4) is 11.5 Å². The fourth-order valence-electron chi connectivity index (χ4n) is 1.56. The Morgan fingerprint density at radius 3 is 2.74 bits per heavy atom. The summed E-state index contributed by atoms with van der Waals surface area (Å²) in [6, 6.07) is 6.15. The molecule has 1 N–H and O–H groups in total. The van der Waals surface area contributed by atoms with E-state index in [0.29, 0.717) is 17.3 Å². The van der Waals surface area contributed by atoms with Gasteiger partial charge in [0.1, 0.15) is 6.61 Å². The van der Waals surface area contributed by atoms with E-state index in [4.69, 9.17) is 19.1 Å². The van der Waals surface area contributed by atoms with E-state index in [1.165, 1.54) is 19.2 Å². The third-order valence-corrected chi connectivity index (χ3v) is 2.46. The molecule has 0 fully saturated rings. The van der Waals surface area contributed by atoms with Gasteiger partial charge in [0.25, 0.3) is 0 Å². The lowest BCUT2D eigenvalue weighted by atomic mass is 10.2. The molecule has 1 heterocycles. The van der Waals surface area contributed by atoms with Gasteiger partial charge in [0.2, 0.25) is 0 Å². The summed E-state index contributed by atoms with van der Waals surface area (Å²) in [6.45, 7) is 1.96. The predicted molar refractivity (Wildman–Crippen MR) is 65.5 cm³/mol. The summed E-state index contributed by atoms with van der Waals surface area (Å²) in [7, 11) is 1.49. The first kappa shape index (κ1) is 12.9. The standard InChI is InChI=1S/C13H13NO5/c1-8-5-10(19-14-8)7-18-12-6-9(13(15)16)3-4-11(12)17-2/h3-6H,7H2,1-2H3,(H,15,16). The lowest BCUT2D eigenvalue weighted by Gasteiger charge is -2.09. The van der Waals surface area contributed by atoms with Crippen LogP contribution in [-0.2, 0) is 6.61 Å². The quantitative estimate of drug-likeness (QED) is 0.891. The number of aromatic nitrogens is 1. The van der Waals surface area contributed by atoms with Crippen LogP contribution in [0.4, 0.5) is 0 Å². The smallest absolute Gasteiger partial charge is 0.335 e. The van der Waals surface area contributed by atoms with Gasteiger partial charge >= 0.3 is 5.97 Å². The van der Waals surface area contributed by atoms with Crippen molar-refractivity contribution in [2.75, 3.05) is 7.11 Å². The molecule has 0 aliphatic rings. The van der Waals surface area contributed by atoms with Gasteiger partial charge in [-0.25, -0.2) is 4.79 Å². The zero-order valence-corrected chi connectivity index (χ0v) is 10.5. The Morgan fingerprint density at radius 2 is 2.16 bits per heavy atom. The molecule has 6 nitrogen and oxygen atoms in total. The Morgan fingerprint density at radius 1 is 1.37 bits per heavy atom. The number of ether oxygens (including phenoxy) is 2. The highest BCUT2D eigenvalue weighted by Gasteiger charge is 2.11. The summed E-state index contributed by atoms with van der Waals surface area (Å²) in [6.07, 6.45) is 0. The maximum absolute atomic E-state index is 10.9. The average molecular weight is 263 g/mol. The van der Waals surface area contributed by atoms with Crippen LogP contribution in [0.1, 0.15) is 21.8 Å². The molecule has 2 rings (SSSR count). The summed E-state index contributed by atoms with van der Waals surface area (Å²) >= 11 is 0. The number of aryl methyl sites for hydroxylation is 1. The van der Waals surface area contributed by atoms with Crippen LogP contribution in [0.15, 0.2) is 28.8 Å². The lowest BCUT2D eigenvalue weighted by molar-refractivity contribution is 0.0696. The highest BCUT2D eigenvalue weighted by molar-refractivity contribution is 5.88. The van der Waals surface area contributed by atoms with Crippen LogP contribution < -0.4 is 9.47 Å². The van der Waals surface area contributed by atoms with Crippen molar-refractivity contribution in [3.63, 3.8) is 0 Å². The first-order valence-electron chi connectivity index (χ1n) is 5.56. The average Bonchev–Trinajstić information content (AvgIpc) is 2.81. The molecule has 0 atom stereocenters. The summed E-state index contributed by atoms with van der Waals surface area (Å²) in [5, 5.41) is 12.7. The number of carboxylic acids is 1. The number of benzene rings is 1. The van der Waals surface area contributed by atoms with Crippen molar-refractivity contribution in [1.82, 2.24) is 5.16 Å². The second-order valence-corrected chi connectivity index (χ2v) is 3.89. The molecule has 19 heavy (non-hydrogen) atoms. The van der Waals surface area contributed by atoms with Crippen LogP contribution in [0, 0.1) is 6.92 Å². The van der Waals surface area contributed by atoms with E-state index in [1.54, 1.807) is 19.1 Å². The molecule has 0 unspecified atom stereocenters. The van der Waals surface area contributed by atoms with Gasteiger partial charge in [0.15, 0.2) is 17.3 Å². The zero-order valence-electron chi connectivity index (χ0n) is 10.5. The molecule has 1 aromatic heterocycles. The van der Waals surface area contributed by atoms with Crippen LogP contribution in [0.3, 0.4) is 0 Å². The summed E-state index contributed by atoms with van der Waals surface area (Å²) in [4.78, 5) is 10.9. The first-order valence-corrected chi connectivity index (χ1v) is 5.56. The van der Waals surface area contributed by atoms with Gasteiger partial charge in [-0.1, -0.05) is 5.16 Å². The van der Waals surface area contributed by atoms with E-state index in [2.05, 4.69) is 5.16 Å². The van der Waals surface area contributed by atoms with Crippen molar-refractivity contribution < 1.29 is 23.9 Å². The van der Waals surface area contributed by atoms with Gasteiger partial charge in [0, 0.05) is 6.07 Å². The molecule has 0 saturated heterocycles. The second-order valence-electron chi connectivity index (χ2n) is 3.89. The van der Waals surface area contributed by atoms with Gasteiger partial charge < -0.3 is 19.1 Å². The summed E-state index contributed by atoms with van der Waals surface area (Å²) in [5.74, 6) is 0.334. The Kier molecular flexibility index (Phi) is 3.70. The minimum Gasteiger partial charge on any atom is -0.493 e. The lowest BCUT2D eigenvalue weighted by Crippen LogP contribution is -2.01. The molecule has 0 saturated carbocycles. The normalized spacial score (nSPS) is 10.2. The SMILES string of the molecule is COc1ccc(C(=O)O)cc1OCc1cc(C)no1. The van der Waals surface area contributed by atoms with Crippen molar-refractivity contribution in [3.05, 3.63) is 41.3 Å². The minimum absolute atomic E-state index is 0.129. The number of hydrogen-bond acceptors (Lipinski definition) is 5. The van der Waals surface area contributed by atoms with Crippen LogP contribution in [0.5, 0.6) is 11.5 Å². The number of carboxylic acid groups (broad SMARTS) is 1. The molecule has 6 heteroatoms. The molecule has 0 aliphatic carbocycles. The molecule has 1 aromatic carbocycles. The Balaban J connectivity index is 2.17. The zero-order chi connectivity index (χ0) is 13.8. The molecule has 0 aliphatic heterocycles. The third kappa shape index (κ3) is 3.04. The van der Waals surface area contributed by atoms with Gasteiger partial charge in [-0.3, -0.25) is 0 Å². The topological polar surface area (TPSA) is 81.8 Å². The maximum atomic E-state index is 10.9. The maximum Gasteiger partial charge on any atom is 0.335 e. The number of hydrogen-bond donors (Lipinski definition) is 1. The molecule has 0 spiro atoms. The Bertz CT molecular complexity index is 590. The molecule has 100 valence electrons. The van der Waals surface area contributed by atoms with Crippen molar-refractivity contribution in [1.29, 1.82) is 0 Å². The predicted octanol–water partition coefficient (Wildman–Crippen LogP) is 2.27. The van der Waals surface area contributed by atoms with Gasteiger partial charge in [-0.05, 0) is 25.1 Å². The van der Waals surface area contributed by atoms with E-state index in [-0.39, 0.29) is 12.2 Å². The number of nitrogens with zero attached hydrogens (tertiary/aromatic N) is 1. The molecule has 2 aromatic rings. The monoisotopic (exact) mass is 263 g/mol. The number of methoxy groups -OCH3 is 1. The number of aromatic carboxylic acids is 1. The Labute approximate surface area is 109 Å². The first-order chi connectivity index (χ1) is 9.10. The molecular weight excluding hydrogens is 250 g/mol. The van der Waals surface area contributed by atoms with Crippen LogP contribution >= 0.6 is 0 Å². The van der Waals surface area contributed by atoms with E-state index >= 15 is 0 Å². The third-order valence-electron chi connectivity index (χ3n) is 2.46. The minimum atomic E-state index is -1.02. The molecule has 0 amide bonds. The van der Waals surface area contributed by atoms with Crippen molar-refractivity contribution in [2.24, 2.45) is 0 Å². The molecule has 0 radical (unpaired) electrons. The van der Waals surface area contributed by atoms with Gasteiger partial charge in [-0.2, -0.15) is 0 Å². The highest BCUT2D eigenvalue weighted by atomic mass is 16.5. The van der Waals surface area contributed by atoms with Gasteiger partial charge in [-0.15, -0.1) is 0 Å². The van der Waals surface area contributed by atoms with E-state index < -0.39 is 5.97 Å². The Hall–Kier alpha value is -2.50. The highest BCUT2D eigenvalue weighted by Crippen LogP contribution is 2.28. The van der Waals surface area contributed by atoms with E-state index in [9.17, 15) is 4.79 Å². The fraction of sp³-hybridized carbons (Fsp3) is 0.231.